The van der Waals surface area contributed by atoms with E-state index in [2.05, 4.69) is 10.6 Å². The van der Waals surface area contributed by atoms with E-state index < -0.39 is 0 Å². The highest BCUT2D eigenvalue weighted by Crippen LogP contribution is 2.24. The standard InChI is InChI=1S/C18H27N3O2S/c1-13(18(23)19-14-8-4-5-9-14)21(2)12-17(22)20-15-10-6-7-11-16(15)24-3/h6-7,10-11,13-14H,4-5,8-9,12H2,1-3H3,(H,19,23)(H,20,22)/t13-/m1/s1. The molecule has 0 bridgehead atoms. The molecule has 2 rings (SSSR count). The Labute approximate surface area is 148 Å². The normalized spacial score (nSPS) is 16.2. The highest BCUT2D eigenvalue weighted by atomic mass is 32.2. The largest absolute Gasteiger partial charge is 0.352 e. The summed E-state index contributed by atoms with van der Waals surface area (Å²) in [6.07, 6.45) is 6.48. The summed E-state index contributed by atoms with van der Waals surface area (Å²) in [6.45, 7) is 2.02. The number of benzene rings is 1. The molecule has 0 spiro atoms. The Morgan fingerprint density at radius 3 is 2.62 bits per heavy atom. The summed E-state index contributed by atoms with van der Waals surface area (Å²) in [5.41, 5.74) is 0.812. The molecule has 1 aromatic carbocycles. The van der Waals surface area contributed by atoms with Gasteiger partial charge in [0.2, 0.25) is 11.8 Å². The fourth-order valence-corrected chi connectivity index (χ4v) is 3.45. The molecule has 0 unspecified atom stereocenters. The molecule has 1 atom stereocenters. The van der Waals surface area contributed by atoms with Crippen LogP contribution in [0, 0.1) is 0 Å². The van der Waals surface area contributed by atoms with Crippen molar-refractivity contribution in [3.8, 4) is 0 Å². The van der Waals surface area contributed by atoms with Crippen LogP contribution in [0.4, 0.5) is 5.69 Å². The second-order valence-electron chi connectivity index (χ2n) is 6.33. The van der Waals surface area contributed by atoms with E-state index >= 15 is 0 Å². The molecular weight excluding hydrogens is 322 g/mol. The Hall–Kier alpha value is -1.53. The highest BCUT2D eigenvalue weighted by Gasteiger charge is 2.24. The van der Waals surface area contributed by atoms with Gasteiger partial charge in [-0.25, -0.2) is 0 Å². The molecule has 1 aromatic rings. The highest BCUT2D eigenvalue weighted by molar-refractivity contribution is 7.98. The minimum absolute atomic E-state index is 0.00159. The van der Waals surface area contributed by atoms with Gasteiger partial charge in [0.1, 0.15) is 0 Å². The Morgan fingerprint density at radius 2 is 1.96 bits per heavy atom. The van der Waals surface area contributed by atoms with Crippen molar-refractivity contribution in [2.75, 3.05) is 25.2 Å². The van der Waals surface area contributed by atoms with Crippen molar-refractivity contribution < 1.29 is 9.59 Å². The van der Waals surface area contributed by atoms with Gasteiger partial charge in [-0.1, -0.05) is 25.0 Å². The van der Waals surface area contributed by atoms with Crippen LogP contribution in [-0.2, 0) is 9.59 Å². The molecule has 1 aliphatic carbocycles. The van der Waals surface area contributed by atoms with Gasteiger partial charge in [0.25, 0.3) is 0 Å². The van der Waals surface area contributed by atoms with Crippen molar-refractivity contribution in [2.24, 2.45) is 0 Å². The topological polar surface area (TPSA) is 61.4 Å². The molecule has 0 aliphatic heterocycles. The minimum Gasteiger partial charge on any atom is -0.352 e. The van der Waals surface area contributed by atoms with Crippen LogP contribution in [0.3, 0.4) is 0 Å². The third kappa shape index (κ3) is 5.24. The summed E-state index contributed by atoms with van der Waals surface area (Å²) in [5.74, 6) is -0.110. The monoisotopic (exact) mass is 349 g/mol. The van der Waals surface area contributed by atoms with Gasteiger partial charge >= 0.3 is 0 Å². The maximum absolute atomic E-state index is 12.3. The van der Waals surface area contributed by atoms with E-state index in [1.807, 2.05) is 37.4 Å². The number of anilines is 1. The van der Waals surface area contributed by atoms with Crippen LogP contribution < -0.4 is 10.6 Å². The second-order valence-corrected chi connectivity index (χ2v) is 7.18. The molecule has 5 nitrogen and oxygen atoms in total. The average Bonchev–Trinajstić information content (AvgIpc) is 3.07. The number of nitrogens with one attached hydrogen (secondary N) is 2. The molecule has 0 radical (unpaired) electrons. The lowest BCUT2D eigenvalue weighted by Crippen LogP contribution is -2.48. The Kier molecular flexibility index (Phi) is 7.12. The lowest BCUT2D eigenvalue weighted by molar-refractivity contribution is -0.127. The minimum atomic E-state index is -0.327. The van der Waals surface area contributed by atoms with Crippen LogP contribution in [0.5, 0.6) is 0 Å². The summed E-state index contributed by atoms with van der Waals surface area (Å²) in [6, 6.07) is 7.68. The van der Waals surface area contributed by atoms with E-state index in [1.165, 1.54) is 12.8 Å². The average molecular weight is 350 g/mol. The number of thioether (sulfide) groups is 1. The van der Waals surface area contributed by atoms with Crippen LogP contribution in [0.25, 0.3) is 0 Å². The van der Waals surface area contributed by atoms with Crippen LogP contribution in [-0.4, -0.2) is 48.6 Å². The van der Waals surface area contributed by atoms with Gasteiger partial charge in [0, 0.05) is 10.9 Å². The third-order valence-electron chi connectivity index (χ3n) is 4.52. The number of amides is 2. The first kappa shape index (κ1) is 18.8. The van der Waals surface area contributed by atoms with Crippen molar-refractivity contribution in [1.82, 2.24) is 10.2 Å². The van der Waals surface area contributed by atoms with Crippen molar-refractivity contribution in [3.63, 3.8) is 0 Å². The number of hydrogen-bond acceptors (Lipinski definition) is 4. The molecule has 2 N–H and O–H groups in total. The van der Waals surface area contributed by atoms with Gasteiger partial charge in [-0.05, 0) is 45.2 Å². The number of likely N-dealkylation sites (N-methyl/N-ethyl adjacent to an activating group) is 1. The summed E-state index contributed by atoms with van der Waals surface area (Å²) in [7, 11) is 1.80. The van der Waals surface area contributed by atoms with Gasteiger partial charge in [-0.3, -0.25) is 14.5 Å². The van der Waals surface area contributed by atoms with E-state index in [9.17, 15) is 9.59 Å². The Morgan fingerprint density at radius 1 is 1.29 bits per heavy atom. The number of rotatable bonds is 7. The van der Waals surface area contributed by atoms with Crippen molar-refractivity contribution in [1.29, 1.82) is 0 Å². The van der Waals surface area contributed by atoms with Gasteiger partial charge < -0.3 is 10.6 Å². The van der Waals surface area contributed by atoms with Gasteiger partial charge in [0.15, 0.2) is 0 Å². The SMILES string of the molecule is CSc1ccccc1NC(=O)CN(C)[C@H](C)C(=O)NC1CCCC1. The first-order valence-electron chi connectivity index (χ1n) is 8.44. The van der Waals surface area contributed by atoms with Crippen molar-refractivity contribution in [2.45, 2.75) is 49.6 Å². The van der Waals surface area contributed by atoms with Crippen molar-refractivity contribution in [3.05, 3.63) is 24.3 Å². The summed E-state index contributed by atoms with van der Waals surface area (Å²) < 4.78 is 0. The molecule has 132 valence electrons. The smallest absolute Gasteiger partial charge is 0.238 e. The quantitative estimate of drug-likeness (QED) is 0.743. The van der Waals surface area contributed by atoms with Crippen molar-refractivity contribution >= 4 is 29.3 Å². The molecule has 6 heteroatoms. The zero-order valence-electron chi connectivity index (χ0n) is 14.7. The molecule has 1 saturated carbocycles. The van der Waals surface area contributed by atoms with E-state index in [-0.39, 0.29) is 24.4 Å². The van der Waals surface area contributed by atoms with E-state index in [0.29, 0.717) is 6.04 Å². The number of nitrogens with zero attached hydrogens (tertiary/aromatic N) is 1. The molecule has 24 heavy (non-hydrogen) atoms. The van der Waals surface area contributed by atoms with E-state index in [4.69, 9.17) is 0 Å². The maximum atomic E-state index is 12.3. The molecule has 0 heterocycles. The molecule has 2 amide bonds. The maximum Gasteiger partial charge on any atom is 0.238 e. The first-order valence-corrected chi connectivity index (χ1v) is 9.67. The molecule has 1 aliphatic rings. The number of carbonyl (C=O) groups excluding carboxylic acids is 2. The Bertz CT molecular complexity index is 573. The van der Waals surface area contributed by atoms with Crippen LogP contribution in [0.1, 0.15) is 32.6 Å². The predicted molar refractivity (Wildman–Crippen MR) is 99.3 cm³/mol. The first-order chi connectivity index (χ1) is 11.5. The van der Waals surface area contributed by atoms with Crippen LogP contribution in [0.15, 0.2) is 29.2 Å². The third-order valence-corrected chi connectivity index (χ3v) is 5.31. The van der Waals surface area contributed by atoms with Crippen LogP contribution >= 0.6 is 11.8 Å². The lowest BCUT2D eigenvalue weighted by atomic mass is 10.2. The number of para-hydroxylation sites is 1. The lowest BCUT2D eigenvalue weighted by Gasteiger charge is -2.25. The predicted octanol–water partition coefficient (Wildman–Crippen LogP) is 2.73. The number of carbonyl (C=O) groups is 2. The number of hydrogen-bond donors (Lipinski definition) is 2. The summed E-state index contributed by atoms with van der Waals surface area (Å²) in [5, 5.41) is 6.01. The summed E-state index contributed by atoms with van der Waals surface area (Å²) >= 11 is 1.59. The molecule has 0 aromatic heterocycles. The zero-order chi connectivity index (χ0) is 17.5. The molecule has 1 fully saturated rings. The van der Waals surface area contributed by atoms with Gasteiger partial charge in [-0.15, -0.1) is 11.8 Å². The summed E-state index contributed by atoms with van der Waals surface area (Å²) in [4.78, 5) is 27.4. The van der Waals surface area contributed by atoms with E-state index in [0.717, 1.165) is 23.4 Å². The molecular formula is C18H27N3O2S. The van der Waals surface area contributed by atoms with Gasteiger partial charge in [0.05, 0.1) is 18.3 Å². The van der Waals surface area contributed by atoms with Gasteiger partial charge in [-0.2, -0.15) is 0 Å². The second kappa shape index (κ2) is 9.08. The fraction of sp³-hybridized carbons (Fsp3) is 0.556. The zero-order valence-corrected chi connectivity index (χ0v) is 15.5. The molecule has 0 saturated heterocycles. The van der Waals surface area contributed by atoms with E-state index in [1.54, 1.807) is 23.7 Å². The fourth-order valence-electron chi connectivity index (χ4n) is 2.89. The van der Waals surface area contributed by atoms with Crippen LogP contribution in [0.2, 0.25) is 0 Å². The Balaban J connectivity index is 1.84.